The highest BCUT2D eigenvalue weighted by atomic mass is 32.1. The summed E-state index contributed by atoms with van der Waals surface area (Å²) in [5.41, 5.74) is 7.97. The van der Waals surface area contributed by atoms with E-state index < -0.39 is 7.29 Å². The van der Waals surface area contributed by atoms with Crippen molar-refractivity contribution >= 4 is 35.2 Å². The minimum atomic E-state index is -3.01. The lowest BCUT2D eigenvalue weighted by Gasteiger charge is -2.20. The predicted octanol–water partition coefficient (Wildman–Crippen LogP) is 1.25. The molecule has 0 bridgehead atoms. The van der Waals surface area contributed by atoms with Crippen molar-refractivity contribution in [2.24, 2.45) is 5.73 Å². The zero-order valence-electron chi connectivity index (χ0n) is 10.1. The summed E-state index contributed by atoms with van der Waals surface area (Å²) in [7, 11) is -3.01. The van der Waals surface area contributed by atoms with Crippen molar-refractivity contribution in [3.8, 4) is 0 Å². The van der Waals surface area contributed by atoms with Crippen LogP contribution in [-0.2, 0) is 4.57 Å². The van der Waals surface area contributed by atoms with Crippen LogP contribution in [-0.4, -0.2) is 5.11 Å². The fourth-order valence-corrected chi connectivity index (χ4v) is 3.83. The van der Waals surface area contributed by atoms with Crippen LogP contribution in [0.1, 0.15) is 0 Å². The van der Waals surface area contributed by atoms with E-state index in [9.17, 15) is 4.57 Å². The number of thiocarbonyl (C=S) groups is 1. The van der Waals surface area contributed by atoms with E-state index >= 15 is 0 Å². The molecule has 2 aromatic rings. The van der Waals surface area contributed by atoms with E-state index in [1.807, 2.05) is 60.7 Å². The van der Waals surface area contributed by atoms with Crippen molar-refractivity contribution < 1.29 is 4.57 Å². The molecule has 0 unspecified atom stereocenters. The normalized spacial score (nSPS) is 10.9. The minimum absolute atomic E-state index is 0.0482. The molecule has 0 radical (unpaired) electrons. The van der Waals surface area contributed by atoms with Gasteiger partial charge in [-0.2, -0.15) is 5.20 Å². The summed E-state index contributed by atoms with van der Waals surface area (Å²) in [4.78, 5) is 0. The third kappa shape index (κ3) is 3.20. The summed E-state index contributed by atoms with van der Waals surface area (Å²) in [6.45, 7) is 0. The van der Waals surface area contributed by atoms with Gasteiger partial charge in [-0.05, 0) is 36.5 Å². The van der Waals surface area contributed by atoms with Crippen LogP contribution in [0.15, 0.2) is 60.7 Å². The SMILES string of the molecule is NC(=S)NNP(=O)(c1ccccc1)c1ccccc1. The Labute approximate surface area is 117 Å². The Hall–Kier alpha value is -1.68. The molecule has 0 spiro atoms. The molecule has 0 fully saturated rings. The second-order valence-electron chi connectivity index (χ2n) is 3.88. The Bertz CT molecular complexity index is 560. The Balaban J connectivity index is 2.45. The van der Waals surface area contributed by atoms with Gasteiger partial charge in [0.25, 0.3) is 0 Å². The second-order valence-corrected chi connectivity index (χ2v) is 6.80. The van der Waals surface area contributed by atoms with Crippen molar-refractivity contribution in [1.29, 1.82) is 0 Å². The summed E-state index contributed by atoms with van der Waals surface area (Å²) in [6, 6.07) is 18.3. The van der Waals surface area contributed by atoms with Crippen LogP contribution in [0.25, 0.3) is 0 Å². The van der Waals surface area contributed by atoms with Crippen LogP contribution in [0.4, 0.5) is 0 Å². The van der Waals surface area contributed by atoms with Crippen molar-refractivity contribution in [3.05, 3.63) is 60.7 Å². The van der Waals surface area contributed by atoms with Crippen molar-refractivity contribution in [3.63, 3.8) is 0 Å². The molecule has 4 nitrogen and oxygen atoms in total. The molecule has 0 aromatic heterocycles. The molecule has 0 saturated heterocycles. The summed E-state index contributed by atoms with van der Waals surface area (Å²) < 4.78 is 13.2. The first-order chi connectivity index (χ1) is 9.13. The maximum Gasteiger partial charge on any atom is 0.221 e. The van der Waals surface area contributed by atoms with Gasteiger partial charge in [-0.1, -0.05) is 36.4 Å². The Morgan fingerprint density at radius 2 is 1.37 bits per heavy atom. The summed E-state index contributed by atoms with van der Waals surface area (Å²) in [5.74, 6) is 0. The first-order valence-corrected chi connectivity index (χ1v) is 7.78. The van der Waals surface area contributed by atoms with Crippen LogP contribution in [0.2, 0.25) is 0 Å². The van der Waals surface area contributed by atoms with Crippen molar-refractivity contribution in [1.82, 2.24) is 10.6 Å². The maximum absolute atomic E-state index is 13.2. The van der Waals surface area contributed by atoms with E-state index in [1.54, 1.807) is 0 Å². The number of nitrogens with two attached hydrogens (primary N) is 1. The van der Waals surface area contributed by atoms with Gasteiger partial charge in [0.05, 0.1) is 0 Å². The first kappa shape index (κ1) is 13.7. The van der Waals surface area contributed by atoms with E-state index in [4.69, 9.17) is 18.0 Å². The van der Waals surface area contributed by atoms with Gasteiger partial charge in [-0.3, -0.25) is 9.99 Å². The number of rotatable bonds is 4. The summed E-state index contributed by atoms with van der Waals surface area (Å²) in [6.07, 6.45) is 0. The van der Waals surface area contributed by atoms with E-state index in [2.05, 4.69) is 10.6 Å². The van der Waals surface area contributed by atoms with Crippen molar-refractivity contribution in [2.75, 3.05) is 0 Å². The smallest absolute Gasteiger partial charge is 0.221 e. The Morgan fingerprint density at radius 1 is 0.947 bits per heavy atom. The molecule has 0 aliphatic rings. The molecule has 6 heteroatoms. The third-order valence-corrected chi connectivity index (χ3v) is 5.16. The average molecular weight is 291 g/mol. The molecule has 0 aliphatic heterocycles. The van der Waals surface area contributed by atoms with Gasteiger partial charge in [-0.25, -0.2) is 0 Å². The van der Waals surface area contributed by atoms with Crippen molar-refractivity contribution in [2.45, 2.75) is 0 Å². The minimum Gasteiger partial charge on any atom is -0.375 e. The molecule has 0 heterocycles. The van der Waals surface area contributed by atoms with Crippen LogP contribution in [0.5, 0.6) is 0 Å². The lowest BCUT2D eigenvalue weighted by atomic mass is 10.4. The largest absolute Gasteiger partial charge is 0.375 e. The van der Waals surface area contributed by atoms with Crippen LogP contribution < -0.4 is 27.0 Å². The number of hydrogen-bond acceptors (Lipinski definition) is 2. The van der Waals surface area contributed by atoms with Crippen LogP contribution >= 0.6 is 19.5 Å². The molecule has 2 rings (SSSR count). The van der Waals surface area contributed by atoms with Gasteiger partial charge in [0.1, 0.15) is 0 Å². The molecule has 0 aliphatic carbocycles. The van der Waals surface area contributed by atoms with E-state index in [-0.39, 0.29) is 5.11 Å². The topological polar surface area (TPSA) is 67.2 Å². The molecule has 0 saturated carbocycles. The highest BCUT2D eigenvalue weighted by Gasteiger charge is 2.26. The Kier molecular flexibility index (Phi) is 4.32. The lowest BCUT2D eigenvalue weighted by molar-refractivity contribution is 0.575. The zero-order valence-corrected chi connectivity index (χ0v) is 11.8. The number of hydrogen-bond donors (Lipinski definition) is 3. The Morgan fingerprint density at radius 3 is 1.74 bits per heavy atom. The van der Waals surface area contributed by atoms with Gasteiger partial charge in [0.2, 0.25) is 7.29 Å². The van der Waals surface area contributed by atoms with Gasteiger partial charge in [0, 0.05) is 10.6 Å². The number of hydrazine groups is 1. The molecule has 4 N–H and O–H groups in total. The van der Waals surface area contributed by atoms with Gasteiger partial charge in [0.15, 0.2) is 5.11 Å². The molecule has 2 aromatic carbocycles. The molecular formula is C13H14N3OPS. The molecule has 0 amide bonds. The molecular weight excluding hydrogens is 277 g/mol. The molecule has 0 atom stereocenters. The maximum atomic E-state index is 13.2. The number of benzene rings is 2. The fraction of sp³-hybridized carbons (Fsp3) is 0. The average Bonchev–Trinajstić information content (AvgIpc) is 2.46. The third-order valence-electron chi connectivity index (χ3n) is 2.58. The monoisotopic (exact) mass is 291 g/mol. The molecule has 98 valence electrons. The van der Waals surface area contributed by atoms with E-state index in [1.165, 1.54) is 0 Å². The van der Waals surface area contributed by atoms with Crippen LogP contribution in [0.3, 0.4) is 0 Å². The quantitative estimate of drug-likeness (QED) is 0.449. The van der Waals surface area contributed by atoms with E-state index in [0.29, 0.717) is 10.6 Å². The van der Waals surface area contributed by atoms with Gasteiger partial charge < -0.3 is 5.73 Å². The lowest BCUT2D eigenvalue weighted by Crippen LogP contribution is -2.43. The molecule has 19 heavy (non-hydrogen) atoms. The number of nitrogens with one attached hydrogen (secondary N) is 2. The fourth-order valence-electron chi connectivity index (χ4n) is 1.69. The standard InChI is InChI=1S/C13H14N3OPS/c14-13(19)15-16-18(17,11-7-3-1-4-8-11)12-9-5-2-6-10-12/h1-10H,(H,16,17)(H3,14,15,19). The predicted molar refractivity (Wildman–Crippen MR) is 82.8 cm³/mol. The van der Waals surface area contributed by atoms with Gasteiger partial charge >= 0.3 is 0 Å². The van der Waals surface area contributed by atoms with E-state index in [0.717, 1.165) is 0 Å². The first-order valence-electron chi connectivity index (χ1n) is 5.67. The summed E-state index contributed by atoms with van der Waals surface area (Å²) >= 11 is 4.75. The zero-order chi connectivity index (χ0) is 13.7. The van der Waals surface area contributed by atoms with Gasteiger partial charge in [-0.15, -0.1) is 0 Å². The summed E-state index contributed by atoms with van der Waals surface area (Å²) in [5, 5.41) is 4.19. The van der Waals surface area contributed by atoms with Crippen LogP contribution in [0, 0.1) is 0 Å². The highest BCUT2D eigenvalue weighted by molar-refractivity contribution is 7.80. The second kappa shape index (κ2) is 5.97. The highest BCUT2D eigenvalue weighted by Crippen LogP contribution is 2.37.